The third-order valence-corrected chi connectivity index (χ3v) is 12.4. The Morgan fingerprint density at radius 3 is 2.23 bits per heavy atom. The molecule has 5 amide bonds. The van der Waals surface area contributed by atoms with Gasteiger partial charge in [0.25, 0.3) is 17.7 Å². The van der Waals surface area contributed by atoms with Gasteiger partial charge in [0.15, 0.2) is 0 Å². The van der Waals surface area contributed by atoms with Gasteiger partial charge in [-0.25, -0.2) is 9.97 Å². The van der Waals surface area contributed by atoms with Crippen molar-refractivity contribution in [1.29, 1.82) is 5.26 Å². The lowest BCUT2D eigenvalue weighted by Gasteiger charge is -2.63. The fraction of sp³-hybridized carbons (Fsp3) is 0.450. The number of nitriles is 1. The van der Waals surface area contributed by atoms with Crippen molar-refractivity contribution in [3.63, 3.8) is 0 Å². The Balaban J connectivity index is 0.817. The zero-order valence-corrected chi connectivity index (χ0v) is 32.3. The number of hydrogen-bond donors (Lipinski definition) is 2. The van der Waals surface area contributed by atoms with Crippen LogP contribution in [0, 0.1) is 22.2 Å². The van der Waals surface area contributed by atoms with Crippen molar-refractivity contribution in [2.24, 2.45) is 10.8 Å². The van der Waals surface area contributed by atoms with E-state index in [9.17, 15) is 29.2 Å². The first-order valence-corrected chi connectivity index (χ1v) is 19.1. The number of imide groups is 2. The minimum absolute atomic E-state index is 0.0779. The standard InChI is InChI=1S/C40H42ClN9O6/c1-39(2)37(40(3,4)38(39)56-26-7-5-22(17-42)29(41)16-26)46-34(53)32-43-18-24(19-44-32)47-11-13-48(14-12-47)25-20-49(21-25)23-6-8-27-28(15-23)36(55)50(35(27)54)30-9-10-31(51)45-33(30)52/h5-8,15-16,18-19,25,30,37-38H,9-14,20-21H2,1-4H3,(H,46,53)(H,45,51,52)/t30?,37-,38-. The summed E-state index contributed by atoms with van der Waals surface area (Å²) in [6, 6.07) is 11.4. The van der Waals surface area contributed by atoms with Crippen LogP contribution >= 0.6 is 11.6 Å². The molecule has 0 spiro atoms. The van der Waals surface area contributed by atoms with Gasteiger partial charge in [0.1, 0.15) is 24.0 Å². The number of anilines is 2. The lowest BCUT2D eigenvalue weighted by molar-refractivity contribution is -0.164. The number of amides is 5. The van der Waals surface area contributed by atoms with Gasteiger partial charge in [0.05, 0.1) is 39.8 Å². The van der Waals surface area contributed by atoms with Gasteiger partial charge in [-0.05, 0) is 36.8 Å². The van der Waals surface area contributed by atoms with Crippen LogP contribution in [0.2, 0.25) is 5.02 Å². The average Bonchev–Trinajstić information content (AvgIpc) is 3.40. The Bertz CT molecular complexity index is 2170. The number of piperidine rings is 1. The Labute approximate surface area is 328 Å². The quantitative estimate of drug-likeness (QED) is 0.320. The van der Waals surface area contributed by atoms with Crippen molar-refractivity contribution in [1.82, 2.24) is 30.4 Å². The van der Waals surface area contributed by atoms with Gasteiger partial charge >= 0.3 is 0 Å². The van der Waals surface area contributed by atoms with Crippen LogP contribution in [0.1, 0.15) is 77.4 Å². The largest absolute Gasteiger partial charge is 0.489 e. The van der Waals surface area contributed by atoms with E-state index in [2.05, 4.69) is 41.4 Å². The molecule has 15 nitrogen and oxygen atoms in total. The first kappa shape index (κ1) is 37.3. The van der Waals surface area contributed by atoms with Crippen LogP contribution in [0.3, 0.4) is 0 Å². The number of hydrogen-bond acceptors (Lipinski definition) is 12. The normalized spacial score (nSPS) is 24.5. The van der Waals surface area contributed by atoms with Gasteiger partial charge in [-0.1, -0.05) is 39.3 Å². The van der Waals surface area contributed by atoms with E-state index in [1.54, 1.807) is 42.7 Å². The second-order valence-electron chi connectivity index (χ2n) is 16.3. The molecule has 4 fully saturated rings. The van der Waals surface area contributed by atoms with Crippen molar-refractivity contribution in [3.8, 4) is 11.8 Å². The second kappa shape index (κ2) is 13.9. The Morgan fingerprint density at radius 1 is 0.911 bits per heavy atom. The van der Waals surface area contributed by atoms with Gasteiger partial charge in [0, 0.05) is 80.4 Å². The van der Waals surface area contributed by atoms with Crippen LogP contribution in [-0.4, -0.2) is 113 Å². The topological polar surface area (TPSA) is 181 Å². The smallest absolute Gasteiger partial charge is 0.289 e. The van der Waals surface area contributed by atoms with Crippen molar-refractivity contribution in [3.05, 3.63) is 76.3 Å². The van der Waals surface area contributed by atoms with Crippen LogP contribution in [0.4, 0.5) is 11.4 Å². The molecule has 5 aliphatic rings. The highest BCUT2D eigenvalue weighted by Crippen LogP contribution is 2.55. The van der Waals surface area contributed by atoms with E-state index in [0.717, 1.165) is 55.5 Å². The van der Waals surface area contributed by atoms with E-state index in [1.807, 2.05) is 33.8 Å². The second-order valence-corrected chi connectivity index (χ2v) is 16.7. The number of ether oxygens (including phenoxy) is 1. The van der Waals surface area contributed by atoms with Crippen molar-refractivity contribution >= 4 is 52.5 Å². The molecular weight excluding hydrogens is 738 g/mol. The molecule has 1 saturated carbocycles. The van der Waals surface area contributed by atoms with Gasteiger partial charge in [-0.2, -0.15) is 5.26 Å². The molecule has 0 bridgehead atoms. The van der Waals surface area contributed by atoms with Crippen LogP contribution in [0.5, 0.6) is 5.75 Å². The first-order chi connectivity index (χ1) is 26.7. The molecule has 2 aromatic carbocycles. The Kier molecular flexibility index (Phi) is 9.24. The van der Waals surface area contributed by atoms with Crippen LogP contribution in [0.15, 0.2) is 48.8 Å². The summed E-state index contributed by atoms with van der Waals surface area (Å²) >= 11 is 6.23. The Morgan fingerprint density at radius 2 is 1.59 bits per heavy atom. The minimum atomic E-state index is -0.990. The maximum absolute atomic E-state index is 13.4. The summed E-state index contributed by atoms with van der Waals surface area (Å²) in [4.78, 5) is 80.4. The van der Waals surface area contributed by atoms with E-state index in [1.165, 1.54) is 0 Å². The van der Waals surface area contributed by atoms with Gasteiger partial charge in [-0.15, -0.1) is 0 Å². The molecule has 3 saturated heterocycles. The molecule has 0 radical (unpaired) electrons. The number of nitrogens with zero attached hydrogens (tertiary/aromatic N) is 7. The number of nitrogens with one attached hydrogen (secondary N) is 2. The number of carbonyl (C=O) groups is 5. The van der Waals surface area contributed by atoms with Crippen LogP contribution < -0.4 is 25.2 Å². The number of aromatic nitrogens is 2. The summed E-state index contributed by atoms with van der Waals surface area (Å²) in [5.74, 6) is -1.74. The third kappa shape index (κ3) is 6.30. The molecule has 56 heavy (non-hydrogen) atoms. The molecule has 290 valence electrons. The zero-order valence-electron chi connectivity index (χ0n) is 31.5. The zero-order chi connectivity index (χ0) is 39.7. The van der Waals surface area contributed by atoms with Crippen molar-refractivity contribution in [2.75, 3.05) is 49.1 Å². The van der Waals surface area contributed by atoms with Crippen LogP contribution in [-0.2, 0) is 9.59 Å². The summed E-state index contributed by atoms with van der Waals surface area (Å²) in [5.41, 5.74) is 1.78. The first-order valence-electron chi connectivity index (χ1n) is 18.8. The molecule has 1 unspecified atom stereocenters. The Hall–Kier alpha value is -5.59. The minimum Gasteiger partial charge on any atom is -0.489 e. The molecule has 1 aliphatic carbocycles. The molecule has 1 atom stereocenters. The highest BCUT2D eigenvalue weighted by atomic mass is 35.5. The summed E-state index contributed by atoms with van der Waals surface area (Å²) < 4.78 is 6.34. The molecule has 8 rings (SSSR count). The van der Waals surface area contributed by atoms with E-state index < -0.39 is 40.5 Å². The molecule has 2 N–H and O–H groups in total. The maximum atomic E-state index is 13.4. The van der Waals surface area contributed by atoms with Gasteiger partial charge in [-0.3, -0.25) is 39.1 Å². The molecule has 1 aromatic heterocycles. The monoisotopic (exact) mass is 779 g/mol. The lowest BCUT2D eigenvalue weighted by Crippen LogP contribution is -2.74. The van der Waals surface area contributed by atoms with Gasteiger partial charge in [0.2, 0.25) is 17.6 Å². The predicted molar refractivity (Wildman–Crippen MR) is 204 cm³/mol. The number of rotatable bonds is 8. The fourth-order valence-electron chi connectivity index (χ4n) is 9.29. The number of halogens is 1. The average molecular weight is 780 g/mol. The summed E-state index contributed by atoms with van der Waals surface area (Å²) in [7, 11) is 0. The molecule has 5 heterocycles. The van der Waals surface area contributed by atoms with E-state index in [0.29, 0.717) is 22.4 Å². The van der Waals surface area contributed by atoms with Crippen molar-refractivity contribution < 1.29 is 28.7 Å². The molecule has 16 heteroatoms. The summed E-state index contributed by atoms with van der Waals surface area (Å²) in [6.07, 6.45) is 3.36. The predicted octanol–water partition coefficient (Wildman–Crippen LogP) is 3.03. The number of benzene rings is 2. The van der Waals surface area contributed by atoms with E-state index in [-0.39, 0.29) is 47.8 Å². The maximum Gasteiger partial charge on any atom is 0.289 e. The van der Waals surface area contributed by atoms with E-state index in [4.69, 9.17) is 16.3 Å². The fourth-order valence-corrected chi connectivity index (χ4v) is 9.50. The van der Waals surface area contributed by atoms with Crippen molar-refractivity contribution in [2.45, 2.75) is 64.8 Å². The lowest BCUT2D eigenvalue weighted by atomic mass is 9.49. The number of fused-ring (bicyclic) bond motifs is 1. The molecule has 3 aromatic rings. The summed E-state index contributed by atoms with van der Waals surface area (Å²) in [5, 5.41) is 14.9. The summed E-state index contributed by atoms with van der Waals surface area (Å²) in [6.45, 7) is 12.9. The van der Waals surface area contributed by atoms with Gasteiger partial charge < -0.3 is 19.9 Å². The molecular formula is C40H42ClN9O6. The third-order valence-electron chi connectivity index (χ3n) is 12.1. The highest BCUT2D eigenvalue weighted by molar-refractivity contribution is 6.31. The SMILES string of the molecule is CC1(C)[C@H](NC(=O)c2ncc(N3CCN(C4CN(c5ccc6c(c5)C(=O)N(C5CCC(=O)NC5=O)C6=O)C4)CC3)cn2)C(C)(C)[C@H]1Oc1ccc(C#N)c(Cl)c1. The number of piperazine rings is 1. The molecule has 4 aliphatic heterocycles. The highest BCUT2D eigenvalue weighted by Gasteiger charge is 2.64. The van der Waals surface area contributed by atoms with E-state index >= 15 is 0 Å². The van der Waals surface area contributed by atoms with Crippen LogP contribution in [0.25, 0.3) is 0 Å². The number of carbonyl (C=O) groups excluding carboxylic acids is 5.